The van der Waals surface area contributed by atoms with Crippen LogP contribution in [0.5, 0.6) is 5.75 Å². The summed E-state index contributed by atoms with van der Waals surface area (Å²) in [6.07, 6.45) is 3.93. The third-order valence-electron chi connectivity index (χ3n) is 4.03. The Morgan fingerprint density at radius 1 is 1.29 bits per heavy atom. The van der Waals surface area contributed by atoms with E-state index < -0.39 is 0 Å². The summed E-state index contributed by atoms with van der Waals surface area (Å²) in [6, 6.07) is 7.40. The van der Waals surface area contributed by atoms with E-state index in [0.29, 0.717) is 11.5 Å². The third-order valence-corrected chi connectivity index (χ3v) is 4.03. The van der Waals surface area contributed by atoms with Gasteiger partial charge in [-0.25, -0.2) is 0 Å². The highest BCUT2D eigenvalue weighted by Gasteiger charge is 2.23. The molecule has 1 N–H and O–H groups in total. The van der Waals surface area contributed by atoms with Crippen molar-refractivity contribution in [1.82, 2.24) is 4.90 Å². The predicted octanol–water partition coefficient (Wildman–Crippen LogP) is 2.71. The summed E-state index contributed by atoms with van der Waals surface area (Å²) < 4.78 is 5.60. The topological polar surface area (TPSA) is 49.8 Å². The molecule has 0 spiro atoms. The number of carbonyl (C=O) groups excluding carboxylic acids is 1. The predicted molar refractivity (Wildman–Crippen MR) is 82.6 cm³/mol. The number of benzene rings is 1. The second kappa shape index (κ2) is 8.03. The van der Waals surface area contributed by atoms with Crippen LogP contribution in [0.1, 0.15) is 43.0 Å². The Bertz CT molecular complexity index is 436. The van der Waals surface area contributed by atoms with E-state index in [4.69, 9.17) is 9.84 Å². The second-order valence-electron chi connectivity index (χ2n) is 5.64. The lowest BCUT2D eigenvalue weighted by atomic mass is 9.97. The van der Waals surface area contributed by atoms with E-state index in [0.717, 1.165) is 51.1 Å². The van der Waals surface area contributed by atoms with Gasteiger partial charge in [-0.2, -0.15) is 0 Å². The highest BCUT2D eigenvalue weighted by Crippen LogP contribution is 2.20. The van der Waals surface area contributed by atoms with Crippen molar-refractivity contribution in [1.29, 1.82) is 0 Å². The standard InChI is InChI=1S/C17H25NO3/c1-2-3-12-21-16-6-4-15(5-7-16)17(20)18-10-8-14(13-19)9-11-18/h4-7,14,19H,2-3,8-13H2,1H3. The molecule has 0 atom stereocenters. The number of unbranched alkanes of at least 4 members (excludes halogenated alkanes) is 1. The molecule has 1 amide bonds. The maximum absolute atomic E-state index is 12.4. The molecule has 1 saturated heterocycles. The Morgan fingerprint density at radius 2 is 1.95 bits per heavy atom. The third kappa shape index (κ3) is 4.46. The molecule has 0 saturated carbocycles. The number of amides is 1. The lowest BCUT2D eigenvalue weighted by Crippen LogP contribution is -2.39. The first-order chi connectivity index (χ1) is 10.2. The summed E-state index contributed by atoms with van der Waals surface area (Å²) in [5.41, 5.74) is 0.709. The van der Waals surface area contributed by atoms with E-state index in [1.807, 2.05) is 29.2 Å². The van der Waals surface area contributed by atoms with Gasteiger partial charge in [-0.1, -0.05) is 13.3 Å². The van der Waals surface area contributed by atoms with Crippen molar-refractivity contribution in [2.24, 2.45) is 5.92 Å². The zero-order chi connectivity index (χ0) is 15.1. The summed E-state index contributed by atoms with van der Waals surface area (Å²) in [6.45, 7) is 4.55. The van der Waals surface area contributed by atoms with Gasteiger partial charge in [-0.15, -0.1) is 0 Å². The van der Waals surface area contributed by atoms with Crippen molar-refractivity contribution in [3.63, 3.8) is 0 Å². The monoisotopic (exact) mass is 291 g/mol. The molecule has 116 valence electrons. The van der Waals surface area contributed by atoms with Crippen molar-refractivity contribution in [3.8, 4) is 5.75 Å². The van der Waals surface area contributed by atoms with Gasteiger partial charge in [-0.3, -0.25) is 4.79 Å². The molecule has 1 fully saturated rings. The minimum absolute atomic E-state index is 0.0755. The first-order valence-electron chi connectivity index (χ1n) is 7.87. The fourth-order valence-electron chi connectivity index (χ4n) is 2.53. The van der Waals surface area contributed by atoms with E-state index in [9.17, 15) is 4.79 Å². The van der Waals surface area contributed by atoms with E-state index in [2.05, 4.69) is 6.92 Å². The van der Waals surface area contributed by atoms with Gasteiger partial charge in [0.15, 0.2) is 0 Å². The molecule has 0 aromatic heterocycles. The number of rotatable bonds is 6. The number of carbonyl (C=O) groups is 1. The molecule has 0 bridgehead atoms. The number of nitrogens with zero attached hydrogens (tertiary/aromatic N) is 1. The summed E-state index contributed by atoms with van der Waals surface area (Å²) in [5, 5.41) is 9.13. The molecule has 4 nitrogen and oxygen atoms in total. The van der Waals surface area contributed by atoms with Gasteiger partial charge in [0.1, 0.15) is 5.75 Å². The van der Waals surface area contributed by atoms with Gasteiger partial charge < -0.3 is 14.7 Å². The van der Waals surface area contributed by atoms with Crippen molar-refractivity contribution in [3.05, 3.63) is 29.8 Å². The molecule has 21 heavy (non-hydrogen) atoms. The molecule has 1 aliphatic heterocycles. The number of ether oxygens (including phenoxy) is 1. The number of hydrogen-bond donors (Lipinski definition) is 1. The average Bonchev–Trinajstić information content (AvgIpc) is 2.55. The molecule has 4 heteroatoms. The first-order valence-corrected chi connectivity index (χ1v) is 7.87. The van der Waals surface area contributed by atoms with Crippen LogP contribution in [-0.4, -0.2) is 42.2 Å². The smallest absolute Gasteiger partial charge is 0.253 e. The normalized spacial score (nSPS) is 16.0. The highest BCUT2D eigenvalue weighted by atomic mass is 16.5. The van der Waals surface area contributed by atoms with Crippen molar-refractivity contribution >= 4 is 5.91 Å². The maximum atomic E-state index is 12.4. The van der Waals surface area contributed by atoms with Crippen LogP contribution < -0.4 is 4.74 Å². The van der Waals surface area contributed by atoms with Crippen LogP contribution in [0.2, 0.25) is 0 Å². The largest absolute Gasteiger partial charge is 0.494 e. The van der Waals surface area contributed by atoms with Gasteiger partial charge in [0.25, 0.3) is 5.91 Å². The van der Waals surface area contributed by atoms with Crippen LogP contribution in [0, 0.1) is 5.92 Å². The lowest BCUT2D eigenvalue weighted by Gasteiger charge is -2.31. The molecule has 1 aliphatic rings. The lowest BCUT2D eigenvalue weighted by molar-refractivity contribution is 0.0651. The molecular formula is C17H25NO3. The first kappa shape index (κ1) is 15.8. The Labute approximate surface area is 126 Å². The minimum Gasteiger partial charge on any atom is -0.494 e. The summed E-state index contributed by atoms with van der Waals surface area (Å²) >= 11 is 0. The van der Waals surface area contributed by atoms with Crippen LogP contribution in [0.4, 0.5) is 0 Å². The number of hydrogen-bond acceptors (Lipinski definition) is 3. The molecule has 0 unspecified atom stereocenters. The van der Waals surface area contributed by atoms with Crippen LogP contribution in [0.15, 0.2) is 24.3 Å². The van der Waals surface area contributed by atoms with Gasteiger partial charge in [0, 0.05) is 25.3 Å². The van der Waals surface area contributed by atoms with E-state index in [1.165, 1.54) is 0 Å². The summed E-state index contributed by atoms with van der Waals surface area (Å²) in [7, 11) is 0. The zero-order valence-electron chi connectivity index (χ0n) is 12.8. The zero-order valence-corrected chi connectivity index (χ0v) is 12.8. The molecule has 2 rings (SSSR count). The second-order valence-corrected chi connectivity index (χ2v) is 5.64. The molecule has 0 aliphatic carbocycles. The maximum Gasteiger partial charge on any atom is 0.253 e. The molecule has 0 radical (unpaired) electrons. The van der Waals surface area contributed by atoms with Crippen molar-refractivity contribution < 1.29 is 14.6 Å². The van der Waals surface area contributed by atoms with Gasteiger partial charge >= 0.3 is 0 Å². The summed E-state index contributed by atoms with van der Waals surface area (Å²) in [4.78, 5) is 14.3. The fourth-order valence-corrected chi connectivity index (χ4v) is 2.53. The number of piperidine rings is 1. The minimum atomic E-state index is 0.0755. The quantitative estimate of drug-likeness (QED) is 0.820. The Morgan fingerprint density at radius 3 is 2.52 bits per heavy atom. The summed E-state index contributed by atoms with van der Waals surface area (Å²) in [5.74, 6) is 1.24. The van der Waals surface area contributed by atoms with Crippen molar-refractivity contribution in [2.75, 3.05) is 26.3 Å². The van der Waals surface area contributed by atoms with Gasteiger partial charge in [0.05, 0.1) is 6.61 Å². The Hall–Kier alpha value is -1.55. The van der Waals surface area contributed by atoms with E-state index in [1.54, 1.807) is 0 Å². The van der Waals surface area contributed by atoms with Gasteiger partial charge in [-0.05, 0) is 49.4 Å². The van der Waals surface area contributed by atoms with Crippen LogP contribution in [0.25, 0.3) is 0 Å². The van der Waals surface area contributed by atoms with Gasteiger partial charge in [0.2, 0.25) is 0 Å². The molecule has 1 aromatic rings. The number of likely N-dealkylation sites (tertiary alicyclic amines) is 1. The Kier molecular flexibility index (Phi) is 6.05. The highest BCUT2D eigenvalue weighted by molar-refractivity contribution is 5.94. The molecule has 1 heterocycles. The van der Waals surface area contributed by atoms with Crippen LogP contribution in [-0.2, 0) is 0 Å². The average molecular weight is 291 g/mol. The fraction of sp³-hybridized carbons (Fsp3) is 0.588. The number of aliphatic hydroxyl groups excluding tert-OH is 1. The van der Waals surface area contributed by atoms with E-state index >= 15 is 0 Å². The number of aliphatic hydroxyl groups is 1. The van der Waals surface area contributed by atoms with Crippen molar-refractivity contribution in [2.45, 2.75) is 32.6 Å². The SMILES string of the molecule is CCCCOc1ccc(C(=O)N2CCC(CO)CC2)cc1. The van der Waals surface area contributed by atoms with Crippen LogP contribution >= 0.6 is 0 Å². The van der Waals surface area contributed by atoms with Crippen LogP contribution in [0.3, 0.4) is 0 Å². The molecule has 1 aromatic carbocycles. The Balaban J connectivity index is 1.88. The van der Waals surface area contributed by atoms with E-state index in [-0.39, 0.29) is 12.5 Å². The molecular weight excluding hydrogens is 266 g/mol.